The molecule has 0 aliphatic heterocycles. The Morgan fingerprint density at radius 1 is 1.21 bits per heavy atom. The number of carbonyl (C=O) groups is 1. The molecule has 3 aromatic rings. The minimum atomic E-state index is -1.29. The molecule has 3 rings (SSSR count). The molecule has 0 bridgehead atoms. The van der Waals surface area contributed by atoms with Crippen molar-refractivity contribution in [2.45, 2.75) is 37.0 Å². The molecule has 0 saturated carbocycles. The number of benzene rings is 2. The molecule has 0 fully saturated rings. The highest BCUT2D eigenvalue weighted by molar-refractivity contribution is 7.98. The lowest BCUT2D eigenvalue weighted by atomic mass is 10.1. The smallest absolute Gasteiger partial charge is 0.347 e. The van der Waals surface area contributed by atoms with Crippen LogP contribution in [0, 0.1) is 12.7 Å². The highest BCUT2D eigenvalue weighted by Gasteiger charge is 2.29. The molecule has 0 radical (unpaired) electrons. The molecular weight excluding hydrogens is 399 g/mol. The lowest BCUT2D eigenvalue weighted by Crippen LogP contribution is -2.38. The summed E-state index contributed by atoms with van der Waals surface area (Å²) in [5.74, 6) is -0.0949. The third-order valence-electron chi connectivity index (χ3n) is 3.95. The van der Waals surface area contributed by atoms with Gasteiger partial charge in [-0.3, -0.25) is 0 Å². The van der Waals surface area contributed by atoms with Crippen molar-refractivity contribution >= 4 is 29.1 Å². The van der Waals surface area contributed by atoms with E-state index in [9.17, 15) is 14.3 Å². The minimum Gasteiger partial charge on any atom is -0.478 e. The molecule has 0 atom stereocenters. The van der Waals surface area contributed by atoms with Gasteiger partial charge in [-0.2, -0.15) is 0 Å². The fourth-order valence-electron chi connectivity index (χ4n) is 2.31. The van der Waals surface area contributed by atoms with Crippen LogP contribution in [0.2, 0.25) is 0 Å². The molecule has 0 amide bonds. The summed E-state index contributed by atoms with van der Waals surface area (Å²) in [5.41, 5.74) is 0.417. The SMILES string of the molecule is Cc1cc(SCc2nnc(-c3ccc(F)cc3)s2)ccc1OC(C)(C)C(=O)O. The first-order valence-corrected chi connectivity index (χ1v) is 10.3. The molecule has 0 aliphatic carbocycles. The van der Waals surface area contributed by atoms with Crippen LogP contribution in [0.15, 0.2) is 47.4 Å². The molecule has 1 N–H and O–H groups in total. The fourth-order valence-corrected chi connectivity index (χ4v) is 4.14. The molecule has 8 heteroatoms. The van der Waals surface area contributed by atoms with Crippen LogP contribution in [0.3, 0.4) is 0 Å². The van der Waals surface area contributed by atoms with Crippen LogP contribution in [0.1, 0.15) is 24.4 Å². The molecule has 146 valence electrons. The number of hydrogen-bond donors (Lipinski definition) is 1. The number of rotatable bonds is 7. The first kappa shape index (κ1) is 20.3. The van der Waals surface area contributed by atoms with Crippen molar-refractivity contribution in [1.29, 1.82) is 0 Å². The maximum atomic E-state index is 13.0. The number of nitrogens with zero attached hydrogens (tertiary/aromatic N) is 2. The van der Waals surface area contributed by atoms with Crippen LogP contribution in [0.25, 0.3) is 10.6 Å². The first-order chi connectivity index (χ1) is 13.2. The van der Waals surface area contributed by atoms with Gasteiger partial charge in [0, 0.05) is 10.5 Å². The summed E-state index contributed by atoms with van der Waals surface area (Å²) >= 11 is 3.08. The van der Waals surface area contributed by atoms with Gasteiger partial charge in [-0.25, -0.2) is 9.18 Å². The number of thioether (sulfide) groups is 1. The maximum absolute atomic E-state index is 13.0. The molecule has 0 unspecified atom stereocenters. The maximum Gasteiger partial charge on any atom is 0.347 e. The standard InChI is InChI=1S/C20H19FN2O3S2/c1-12-10-15(8-9-16(12)26-20(2,3)19(24)25)27-11-17-22-23-18(28-17)13-4-6-14(21)7-5-13/h4-10H,11H2,1-3H3,(H,24,25). The van der Waals surface area contributed by atoms with Gasteiger partial charge in [0.15, 0.2) is 5.60 Å². The third kappa shape index (κ3) is 4.88. The van der Waals surface area contributed by atoms with Crippen LogP contribution in [0.5, 0.6) is 5.75 Å². The number of carboxylic acids is 1. The lowest BCUT2D eigenvalue weighted by molar-refractivity contribution is -0.152. The Labute approximate surface area is 170 Å². The number of carboxylic acid groups (broad SMARTS) is 1. The molecule has 1 heterocycles. The average molecular weight is 419 g/mol. The summed E-state index contributed by atoms with van der Waals surface area (Å²) in [7, 11) is 0. The highest BCUT2D eigenvalue weighted by atomic mass is 32.2. The second kappa shape index (κ2) is 8.28. The second-order valence-corrected chi connectivity index (χ2v) is 8.75. The summed E-state index contributed by atoms with van der Waals surface area (Å²) in [6, 6.07) is 11.8. The average Bonchev–Trinajstić information content (AvgIpc) is 3.11. The molecular formula is C20H19FN2O3S2. The molecule has 0 saturated heterocycles. The van der Waals surface area contributed by atoms with Crippen molar-refractivity contribution in [3.63, 3.8) is 0 Å². The van der Waals surface area contributed by atoms with E-state index < -0.39 is 11.6 Å². The van der Waals surface area contributed by atoms with Gasteiger partial charge in [-0.1, -0.05) is 11.3 Å². The van der Waals surface area contributed by atoms with Crippen LogP contribution < -0.4 is 4.74 Å². The van der Waals surface area contributed by atoms with Crippen molar-refractivity contribution in [2.24, 2.45) is 0 Å². The molecule has 1 aromatic heterocycles. The van der Waals surface area contributed by atoms with E-state index in [0.717, 1.165) is 26.0 Å². The number of halogens is 1. The Morgan fingerprint density at radius 3 is 2.57 bits per heavy atom. The molecule has 0 spiro atoms. The van der Waals surface area contributed by atoms with E-state index in [-0.39, 0.29) is 5.82 Å². The summed E-state index contributed by atoms with van der Waals surface area (Å²) in [6.07, 6.45) is 0. The molecule has 0 aliphatic rings. The Morgan fingerprint density at radius 2 is 1.93 bits per heavy atom. The van der Waals surface area contributed by atoms with Crippen LogP contribution in [-0.4, -0.2) is 26.9 Å². The van der Waals surface area contributed by atoms with Crippen molar-refractivity contribution < 1.29 is 19.0 Å². The summed E-state index contributed by atoms with van der Waals surface area (Å²) in [5, 5.41) is 19.2. The van der Waals surface area contributed by atoms with Gasteiger partial charge in [0.05, 0.1) is 5.75 Å². The first-order valence-electron chi connectivity index (χ1n) is 8.49. The Hall–Kier alpha value is -2.45. The van der Waals surface area contributed by atoms with Crippen LogP contribution in [0.4, 0.5) is 4.39 Å². The van der Waals surface area contributed by atoms with E-state index in [1.54, 1.807) is 30.0 Å². The monoisotopic (exact) mass is 418 g/mol. The Kier molecular flexibility index (Phi) is 6.00. The van der Waals surface area contributed by atoms with E-state index in [1.165, 1.54) is 37.3 Å². The van der Waals surface area contributed by atoms with E-state index in [2.05, 4.69) is 10.2 Å². The zero-order valence-electron chi connectivity index (χ0n) is 15.6. The van der Waals surface area contributed by atoms with Crippen molar-refractivity contribution in [1.82, 2.24) is 10.2 Å². The van der Waals surface area contributed by atoms with Gasteiger partial charge in [0.1, 0.15) is 21.6 Å². The summed E-state index contributed by atoms with van der Waals surface area (Å²) in [4.78, 5) is 12.2. The molecule has 5 nitrogen and oxygen atoms in total. The zero-order valence-corrected chi connectivity index (χ0v) is 17.2. The van der Waals surface area contributed by atoms with Gasteiger partial charge in [-0.15, -0.1) is 22.0 Å². The van der Waals surface area contributed by atoms with E-state index >= 15 is 0 Å². The zero-order chi connectivity index (χ0) is 20.3. The molecule has 2 aromatic carbocycles. The Bertz CT molecular complexity index is 987. The van der Waals surface area contributed by atoms with Crippen LogP contribution >= 0.6 is 23.1 Å². The number of aliphatic carboxylic acids is 1. The predicted molar refractivity (Wildman–Crippen MR) is 108 cm³/mol. The highest BCUT2D eigenvalue weighted by Crippen LogP contribution is 2.32. The predicted octanol–water partition coefficient (Wildman–Crippen LogP) is 5.19. The fraction of sp³-hybridized carbons (Fsp3) is 0.250. The van der Waals surface area contributed by atoms with Gasteiger partial charge in [-0.05, 0) is 68.8 Å². The van der Waals surface area contributed by atoms with Crippen LogP contribution in [-0.2, 0) is 10.5 Å². The number of aryl methyl sites for hydroxylation is 1. The van der Waals surface area contributed by atoms with Crippen molar-refractivity contribution in [2.75, 3.05) is 0 Å². The van der Waals surface area contributed by atoms with E-state index in [0.29, 0.717) is 11.5 Å². The number of aromatic nitrogens is 2. The summed E-state index contributed by atoms with van der Waals surface area (Å²) < 4.78 is 18.7. The van der Waals surface area contributed by atoms with E-state index in [4.69, 9.17) is 4.74 Å². The van der Waals surface area contributed by atoms with Gasteiger partial charge in [0.25, 0.3) is 0 Å². The summed E-state index contributed by atoms with van der Waals surface area (Å²) in [6.45, 7) is 4.92. The lowest BCUT2D eigenvalue weighted by Gasteiger charge is -2.22. The quantitative estimate of drug-likeness (QED) is 0.533. The van der Waals surface area contributed by atoms with Gasteiger partial charge >= 0.3 is 5.97 Å². The minimum absolute atomic E-state index is 0.279. The van der Waals surface area contributed by atoms with Crippen molar-refractivity contribution in [3.8, 4) is 16.3 Å². The Balaban J connectivity index is 1.64. The second-order valence-electron chi connectivity index (χ2n) is 6.64. The normalized spacial score (nSPS) is 11.4. The van der Waals surface area contributed by atoms with Gasteiger partial charge in [0.2, 0.25) is 0 Å². The number of ether oxygens (including phenoxy) is 1. The van der Waals surface area contributed by atoms with E-state index in [1.807, 2.05) is 19.1 Å². The largest absolute Gasteiger partial charge is 0.478 e. The number of hydrogen-bond acceptors (Lipinski definition) is 6. The topological polar surface area (TPSA) is 72.3 Å². The molecule has 28 heavy (non-hydrogen) atoms. The van der Waals surface area contributed by atoms with Crippen molar-refractivity contribution in [3.05, 3.63) is 58.9 Å². The van der Waals surface area contributed by atoms with Gasteiger partial charge < -0.3 is 9.84 Å². The third-order valence-corrected chi connectivity index (χ3v) is 6.11.